The zero-order chi connectivity index (χ0) is 11.3. The number of rotatable bonds is 4. The number of aliphatic hydroxyl groups is 1. The molecule has 1 N–H and O–H groups in total. The SMILES string of the molecule is OCC1(CCc2ccccc2)CCCCC1. The second-order valence-electron chi connectivity index (χ2n) is 5.20. The highest BCUT2D eigenvalue weighted by atomic mass is 16.3. The van der Waals surface area contributed by atoms with E-state index in [1.54, 1.807) is 0 Å². The molecule has 0 amide bonds. The third kappa shape index (κ3) is 2.85. The number of hydrogen-bond acceptors (Lipinski definition) is 1. The van der Waals surface area contributed by atoms with Crippen LogP contribution in [-0.4, -0.2) is 11.7 Å². The lowest BCUT2D eigenvalue weighted by Gasteiger charge is -2.35. The van der Waals surface area contributed by atoms with Gasteiger partial charge in [0.2, 0.25) is 0 Å². The number of hydrogen-bond donors (Lipinski definition) is 1. The van der Waals surface area contributed by atoms with E-state index in [2.05, 4.69) is 30.3 Å². The molecule has 1 nitrogen and oxygen atoms in total. The molecule has 16 heavy (non-hydrogen) atoms. The zero-order valence-electron chi connectivity index (χ0n) is 9.99. The lowest BCUT2D eigenvalue weighted by atomic mass is 9.71. The Labute approximate surface area is 98.5 Å². The fraction of sp³-hybridized carbons (Fsp3) is 0.600. The van der Waals surface area contributed by atoms with Crippen LogP contribution in [-0.2, 0) is 6.42 Å². The molecule has 0 atom stereocenters. The number of benzene rings is 1. The summed E-state index contributed by atoms with van der Waals surface area (Å²) >= 11 is 0. The van der Waals surface area contributed by atoms with E-state index in [-0.39, 0.29) is 5.41 Å². The van der Waals surface area contributed by atoms with Crippen molar-refractivity contribution in [1.82, 2.24) is 0 Å². The lowest BCUT2D eigenvalue weighted by molar-refractivity contribution is 0.0737. The smallest absolute Gasteiger partial charge is 0.0487 e. The summed E-state index contributed by atoms with van der Waals surface area (Å²) in [5.41, 5.74) is 1.63. The highest BCUT2D eigenvalue weighted by molar-refractivity contribution is 5.15. The first-order chi connectivity index (χ1) is 7.85. The Balaban J connectivity index is 1.92. The van der Waals surface area contributed by atoms with Gasteiger partial charge >= 0.3 is 0 Å². The van der Waals surface area contributed by atoms with Crippen LogP contribution in [0.3, 0.4) is 0 Å². The summed E-state index contributed by atoms with van der Waals surface area (Å²) in [6.07, 6.45) is 8.65. The molecule has 1 aliphatic rings. The molecule has 0 saturated heterocycles. The minimum Gasteiger partial charge on any atom is -0.396 e. The van der Waals surface area contributed by atoms with Gasteiger partial charge < -0.3 is 5.11 Å². The zero-order valence-corrected chi connectivity index (χ0v) is 9.99. The maximum Gasteiger partial charge on any atom is 0.0487 e. The minimum atomic E-state index is 0.230. The largest absolute Gasteiger partial charge is 0.396 e. The van der Waals surface area contributed by atoms with Crippen molar-refractivity contribution in [2.24, 2.45) is 5.41 Å². The quantitative estimate of drug-likeness (QED) is 0.819. The fourth-order valence-electron chi connectivity index (χ4n) is 2.84. The third-order valence-corrected chi connectivity index (χ3v) is 4.04. The van der Waals surface area contributed by atoms with Crippen LogP contribution in [0.4, 0.5) is 0 Å². The Morgan fingerprint density at radius 3 is 2.31 bits per heavy atom. The van der Waals surface area contributed by atoms with E-state index in [0.29, 0.717) is 6.61 Å². The Hall–Kier alpha value is -0.820. The maximum absolute atomic E-state index is 9.62. The molecule has 0 radical (unpaired) electrons. The molecule has 0 aromatic heterocycles. The molecule has 0 unspecified atom stereocenters. The summed E-state index contributed by atoms with van der Waals surface area (Å²) in [4.78, 5) is 0. The average molecular weight is 218 g/mol. The van der Waals surface area contributed by atoms with E-state index in [1.807, 2.05) is 0 Å². The van der Waals surface area contributed by atoms with Crippen molar-refractivity contribution >= 4 is 0 Å². The topological polar surface area (TPSA) is 20.2 Å². The molecule has 1 aromatic rings. The van der Waals surface area contributed by atoms with Crippen LogP contribution in [0.5, 0.6) is 0 Å². The van der Waals surface area contributed by atoms with Crippen LogP contribution < -0.4 is 0 Å². The normalized spacial score (nSPS) is 19.6. The van der Waals surface area contributed by atoms with Gasteiger partial charge in [-0.05, 0) is 36.7 Å². The van der Waals surface area contributed by atoms with E-state index in [0.717, 1.165) is 12.8 Å². The van der Waals surface area contributed by atoms with Gasteiger partial charge in [-0.15, -0.1) is 0 Å². The summed E-state index contributed by atoms with van der Waals surface area (Å²) < 4.78 is 0. The average Bonchev–Trinajstić information content (AvgIpc) is 2.39. The Morgan fingerprint density at radius 2 is 1.69 bits per heavy atom. The molecular weight excluding hydrogens is 196 g/mol. The molecule has 0 spiro atoms. The van der Waals surface area contributed by atoms with Gasteiger partial charge in [0.05, 0.1) is 0 Å². The summed E-state index contributed by atoms with van der Waals surface area (Å²) in [7, 11) is 0. The van der Waals surface area contributed by atoms with Gasteiger partial charge in [-0.3, -0.25) is 0 Å². The molecule has 88 valence electrons. The summed E-state index contributed by atoms with van der Waals surface area (Å²) in [5, 5.41) is 9.62. The first kappa shape index (κ1) is 11.7. The first-order valence-corrected chi connectivity index (χ1v) is 6.49. The standard InChI is InChI=1S/C15H22O/c16-13-15(10-5-2-6-11-15)12-9-14-7-3-1-4-8-14/h1,3-4,7-8,16H,2,5-6,9-13H2. The predicted molar refractivity (Wildman–Crippen MR) is 67.4 cm³/mol. The number of aliphatic hydroxyl groups excluding tert-OH is 1. The van der Waals surface area contributed by atoms with Gasteiger partial charge in [-0.25, -0.2) is 0 Å². The molecule has 0 heterocycles. The molecule has 1 fully saturated rings. The van der Waals surface area contributed by atoms with Crippen molar-refractivity contribution in [3.63, 3.8) is 0 Å². The van der Waals surface area contributed by atoms with Crippen molar-refractivity contribution in [1.29, 1.82) is 0 Å². The number of aryl methyl sites for hydroxylation is 1. The second-order valence-corrected chi connectivity index (χ2v) is 5.20. The van der Waals surface area contributed by atoms with Crippen LogP contribution in [0, 0.1) is 5.41 Å². The fourth-order valence-corrected chi connectivity index (χ4v) is 2.84. The molecular formula is C15H22O. The maximum atomic E-state index is 9.62. The molecule has 2 rings (SSSR count). The van der Waals surface area contributed by atoms with Crippen LogP contribution in [0.25, 0.3) is 0 Å². The van der Waals surface area contributed by atoms with Gasteiger partial charge in [-0.2, -0.15) is 0 Å². The van der Waals surface area contributed by atoms with Crippen LogP contribution >= 0.6 is 0 Å². The van der Waals surface area contributed by atoms with Crippen molar-refractivity contribution in [2.75, 3.05) is 6.61 Å². The van der Waals surface area contributed by atoms with Gasteiger partial charge in [0.1, 0.15) is 0 Å². The van der Waals surface area contributed by atoms with Crippen LogP contribution in [0.15, 0.2) is 30.3 Å². The van der Waals surface area contributed by atoms with Gasteiger partial charge in [-0.1, -0.05) is 49.6 Å². The highest BCUT2D eigenvalue weighted by Gasteiger charge is 2.30. The van der Waals surface area contributed by atoms with Gasteiger partial charge in [0, 0.05) is 6.61 Å². The molecule has 1 aromatic carbocycles. The second kappa shape index (κ2) is 5.49. The van der Waals surface area contributed by atoms with Crippen molar-refractivity contribution in [3.05, 3.63) is 35.9 Å². The van der Waals surface area contributed by atoms with Crippen molar-refractivity contribution < 1.29 is 5.11 Å². The lowest BCUT2D eigenvalue weighted by Crippen LogP contribution is -2.28. The van der Waals surface area contributed by atoms with Gasteiger partial charge in [0.25, 0.3) is 0 Å². The van der Waals surface area contributed by atoms with Crippen LogP contribution in [0.1, 0.15) is 44.1 Å². The third-order valence-electron chi connectivity index (χ3n) is 4.04. The van der Waals surface area contributed by atoms with E-state index in [4.69, 9.17) is 0 Å². The van der Waals surface area contributed by atoms with E-state index < -0.39 is 0 Å². The van der Waals surface area contributed by atoms with E-state index >= 15 is 0 Å². The Morgan fingerprint density at radius 1 is 1.00 bits per heavy atom. The first-order valence-electron chi connectivity index (χ1n) is 6.49. The highest BCUT2D eigenvalue weighted by Crippen LogP contribution is 2.39. The molecule has 1 saturated carbocycles. The van der Waals surface area contributed by atoms with Crippen molar-refractivity contribution in [3.8, 4) is 0 Å². The molecule has 1 aliphatic carbocycles. The molecule has 1 heteroatoms. The predicted octanol–water partition coefficient (Wildman–Crippen LogP) is 3.56. The molecule has 0 aliphatic heterocycles. The molecule has 0 bridgehead atoms. The van der Waals surface area contributed by atoms with E-state index in [9.17, 15) is 5.11 Å². The summed E-state index contributed by atoms with van der Waals surface area (Å²) in [6, 6.07) is 10.6. The monoisotopic (exact) mass is 218 g/mol. The Kier molecular flexibility index (Phi) is 4.00. The van der Waals surface area contributed by atoms with Gasteiger partial charge in [0.15, 0.2) is 0 Å². The van der Waals surface area contributed by atoms with E-state index in [1.165, 1.54) is 37.7 Å². The van der Waals surface area contributed by atoms with Crippen LogP contribution in [0.2, 0.25) is 0 Å². The Bertz CT molecular complexity index is 298. The van der Waals surface area contributed by atoms with Crippen molar-refractivity contribution in [2.45, 2.75) is 44.9 Å². The summed E-state index contributed by atoms with van der Waals surface area (Å²) in [6.45, 7) is 0.375. The minimum absolute atomic E-state index is 0.230. The summed E-state index contributed by atoms with van der Waals surface area (Å²) in [5.74, 6) is 0.